The van der Waals surface area contributed by atoms with Crippen molar-refractivity contribution in [2.75, 3.05) is 0 Å². The first kappa shape index (κ1) is 14.1. The van der Waals surface area contributed by atoms with Crippen LogP contribution in [0.1, 0.15) is 25.0 Å². The minimum Gasteiger partial charge on any atom is -0.353 e. The molecule has 0 bridgehead atoms. The highest BCUT2D eigenvalue weighted by Gasteiger charge is 2.38. The average molecular weight is 334 g/mol. The maximum absolute atomic E-state index is 4.33. The fourth-order valence-corrected chi connectivity index (χ4v) is 4.98. The van der Waals surface area contributed by atoms with Gasteiger partial charge < -0.3 is 4.98 Å². The summed E-state index contributed by atoms with van der Waals surface area (Å²) in [5, 5.41) is 5.22. The van der Waals surface area contributed by atoms with Crippen molar-refractivity contribution in [3.05, 3.63) is 78.1 Å². The van der Waals surface area contributed by atoms with E-state index in [9.17, 15) is 0 Å². The summed E-state index contributed by atoms with van der Waals surface area (Å²) in [5.74, 6) is 0. The third kappa shape index (κ3) is 1.51. The Kier molecular flexibility index (Phi) is 2.45. The van der Waals surface area contributed by atoms with Crippen LogP contribution in [0.2, 0.25) is 0 Å². The lowest BCUT2D eigenvalue weighted by Gasteiger charge is -2.22. The van der Waals surface area contributed by atoms with Gasteiger partial charge in [-0.2, -0.15) is 0 Å². The van der Waals surface area contributed by atoms with E-state index in [1.165, 1.54) is 49.3 Å². The minimum atomic E-state index is -0.0392. The van der Waals surface area contributed by atoms with E-state index >= 15 is 0 Å². The summed E-state index contributed by atoms with van der Waals surface area (Å²) in [5.41, 5.74) is 7.88. The van der Waals surface area contributed by atoms with Crippen LogP contribution in [0.25, 0.3) is 43.7 Å². The summed E-state index contributed by atoms with van der Waals surface area (Å²) in [6, 6.07) is 19.8. The Balaban J connectivity index is 1.98. The molecular formula is C24H18N2. The molecule has 1 aliphatic rings. The van der Waals surface area contributed by atoms with Gasteiger partial charge in [0.1, 0.15) is 0 Å². The Hall–Kier alpha value is -3.13. The predicted molar refractivity (Wildman–Crippen MR) is 109 cm³/mol. The third-order valence-electron chi connectivity index (χ3n) is 6.06. The van der Waals surface area contributed by atoms with Gasteiger partial charge in [-0.25, -0.2) is 0 Å². The van der Waals surface area contributed by atoms with Crippen molar-refractivity contribution in [2.45, 2.75) is 19.3 Å². The van der Waals surface area contributed by atoms with Gasteiger partial charge in [-0.15, -0.1) is 0 Å². The molecule has 0 unspecified atom stereocenters. The molecule has 0 fully saturated rings. The molecule has 0 atom stereocenters. The summed E-state index contributed by atoms with van der Waals surface area (Å²) < 4.78 is 0. The zero-order valence-corrected chi connectivity index (χ0v) is 14.8. The number of benzene rings is 3. The van der Waals surface area contributed by atoms with Crippen molar-refractivity contribution < 1.29 is 0 Å². The van der Waals surface area contributed by atoms with Crippen molar-refractivity contribution >= 4 is 32.6 Å². The molecule has 26 heavy (non-hydrogen) atoms. The second-order valence-electron chi connectivity index (χ2n) is 7.76. The van der Waals surface area contributed by atoms with Crippen LogP contribution in [0.3, 0.4) is 0 Å². The molecule has 2 aromatic heterocycles. The summed E-state index contributed by atoms with van der Waals surface area (Å²) in [7, 11) is 0. The largest absolute Gasteiger partial charge is 0.353 e. The van der Waals surface area contributed by atoms with Crippen LogP contribution in [0.15, 0.2) is 67.0 Å². The first-order valence-electron chi connectivity index (χ1n) is 9.08. The number of hydrogen-bond donors (Lipinski definition) is 1. The molecule has 5 aromatic rings. The molecule has 1 aliphatic carbocycles. The molecule has 0 aliphatic heterocycles. The van der Waals surface area contributed by atoms with Gasteiger partial charge in [-0.05, 0) is 39.1 Å². The molecule has 0 amide bonds. The zero-order valence-electron chi connectivity index (χ0n) is 14.8. The number of nitrogens with zero attached hydrogens (tertiary/aromatic N) is 1. The van der Waals surface area contributed by atoms with E-state index < -0.39 is 0 Å². The van der Waals surface area contributed by atoms with Crippen molar-refractivity contribution in [1.29, 1.82) is 0 Å². The molecule has 3 aromatic carbocycles. The highest BCUT2D eigenvalue weighted by atomic mass is 14.8. The van der Waals surface area contributed by atoms with E-state index in [0.717, 1.165) is 5.52 Å². The van der Waals surface area contributed by atoms with Crippen LogP contribution >= 0.6 is 0 Å². The van der Waals surface area contributed by atoms with Gasteiger partial charge in [0.25, 0.3) is 0 Å². The molecule has 124 valence electrons. The quantitative estimate of drug-likeness (QED) is 0.360. The van der Waals surface area contributed by atoms with Gasteiger partial charge in [-0.1, -0.05) is 62.4 Å². The van der Waals surface area contributed by atoms with E-state index in [-0.39, 0.29) is 5.41 Å². The molecule has 2 nitrogen and oxygen atoms in total. The summed E-state index contributed by atoms with van der Waals surface area (Å²) in [6.07, 6.45) is 3.82. The number of hydrogen-bond acceptors (Lipinski definition) is 1. The van der Waals surface area contributed by atoms with Crippen molar-refractivity contribution in [3.8, 4) is 11.1 Å². The molecule has 1 N–H and O–H groups in total. The lowest BCUT2D eigenvalue weighted by Crippen LogP contribution is -2.15. The van der Waals surface area contributed by atoms with Crippen LogP contribution in [-0.2, 0) is 5.41 Å². The first-order valence-corrected chi connectivity index (χ1v) is 9.08. The van der Waals surface area contributed by atoms with Gasteiger partial charge in [0, 0.05) is 22.4 Å². The van der Waals surface area contributed by atoms with Crippen LogP contribution in [0.4, 0.5) is 0 Å². The number of aromatic nitrogens is 2. The van der Waals surface area contributed by atoms with E-state index in [1.807, 2.05) is 12.4 Å². The average Bonchev–Trinajstić information content (AvgIpc) is 3.16. The van der Waals surface area contributed by atoms with Gasteiger partial charge in [0.05, 0.1) is 17.2 Å². The van der Waals surface area contributed by atoms with Crippen LogP contribution in [0.5, 0.6) is 0 Å². The predicted octanol–water partition coefficient (Wildman–Crippen LogP) is 6.18. The number of aromatic amines is 1. The maximum Gasteiger partial charge on any atom is 0.0651 e. The summed E-state index contributed by atoms with van der Waals surface area (Å²) >= 11 is 0. The molecule has 0 spiro atoms. The summed E-state index contributed by atoms with van der Waals surface area (Å²) in [6.45, 7) is 4.69. The van der Waals surface area contributed by atoms with Gasteiger partial charge in [-0.3, -0.25) is 4.98 Å². The normalized spacial score (nSPS) is 14.8. The Morgan fingerprint density at radius 1 is 0.846 bits per heavy atom. The molecule has 2 heterocycles. The van der Waals surface area contributed by atoms with Crippen LogP contribution < -0.4 is 0 Å². The lowest BCUT2D eigenvalue weighted by molar-refractivity contribution is 0.665. The highest BCUT2D eigenvalue weighted by Crippen LogP contribution is 2.54. The molecule has 6 rings (SSSR count). The molecule has 0 saturated carbocycles. The number of H-pyrrole nitrogens is 1. The third-order valence-corrected chi connectivity index (χ3v) is 6.06. The standard InChI is InChI=1S/C24H18N2/c1-24(2)18-10-6-5-9-16(18)20-14-7-3-4-8-15(14)21-17-11-12-25-13-19(17)26-23(21)22(20)24/h3-13,26H,1-2H3. The van der Waals surface area contributed by atoms with Crippen molar-refractivity contribution in [2.24, 2.45) is 0 Å². The SMILES string of the molecule is CC1(C)c2ccccc2-c2c1c1[nH]c3cnccc3c1c1ccccc21. The van der Waals surface area contributed by atoms with Crippen LogP contribution in [-0.4, -0.2) is 9.97 Å². The van der Waals surface area contributed by atoms with Crippen LogP contribution in [0, 0.1) is 0 Å². The summed E-state index contributed by atoms with van der Waals surface area (Å²) in [4.78, 5) is 8.02. The zero-order chi connectivity index (χ0) is 17.5. The van der Waals surface area contributed by atoms with Gasteiger partial charge >= 0.3 is 0 Å². The maximum atomic E-state index is 4.33. The lowest BCUT2D eigenvalue weighted by atomic mass is 9.81. The minimum absolute atomic E-state index is 0.0392. The number of nitrogens with one attached hydrogen (secondary N) is 1. The van der Waals surface area contributed by atoms with Crippen molar-refractivity contribution in [1.82, 2.24) is 9.97 Å². The Morgan fingerprint density at radius 3 is 2.50 bits per heavy atom. The smallest absolute Gasteiger partial charge is 0.0651 e. The fraction of sp³-hybridized carbons (Fsp3) is 0.125. The van der Waals surface area contributed by atoms with Gasteiger partial charge in [0.15, 0.2) is 0 Å². The van der Waals surface area contributed by atoms with Gasteiger partial charge in [0.2, 0.25) is 0 Å². The van der Waals surface area contributed by atoms with E-state index in [1.54, 1.807) is 0 Å². The molecule has 0 saturated heterocycles. The first-order chi connectivity index (χ1) is 12.7. The Bertz CT molecular complexity index is 1360. The molecular weight excluding hydrogens is 316 g/mol. The number of fused-ring (bicyclic) bond motifs is 10. The van der Waals surface area contributed by atoms with Crippen molar-refractivity contribution in [3.63, 3.8) is 0 Å². The topological polar surface area (TPSA) is 28.7 Å². The Labute approximate surface area is 151 Å². The second-order valence-corrected chi connectivity index (χ2v) is 7.76. The van der Waals surface area contributed by atoms with E-state index in [0.29, 0.717) is 0 Å². The monoisotopic (exact) mass is 334 g/mol. The van der Waals surface area contributed by atoms with E-state index in [4.69, 9.17) is 0 Å². The second kappa shape index (κ2) is 4.53. The fourth-order valence-electron chi connectivity index (χ4n) is 4.98. The molecule has 0 radical (unpaired) electrons. The Morgan fingerprint density at radius 2 is 1.62 bits per heavy atom. The number of pyridine rings is 1. The highest BCUT2D eigenvalue weighted by molar-refractivity contribution is 6.25. The molecule has 2 heteroatoms. The number of rotatable bonds is 0. The van der Waals surface area contributed by atoms with E-state index in [2.05, 4.69) is 78.4 Å².